The van der Waals surface area contributed by atoms with Gasteiger partial charge >= 0.3 is 0 Å². The van der Waals surface area contributed by atoms with Gasteiger partial charge in [0, 0.05) is 11.7 Å². The highest BCUT2D eigenvalue weighted by atomic mass is 14.6. The van der Waals surface area contributed by atoms with E-state index in [1.54, 1.807) is 0 Å². The molecule has 1 rings (SSSR count). The fourth-order valence-corrected chi connectivity index (χ4v) is 1.08. The molecule has 4 N–H and O–H groups in total. The molecule has 1 unspecified atom stereocenters. The summed E-state index contributed by atoms with van der Waals surface area (Å²) in [7, 11) is 0. The zero-order valence-corrected chi connectivity index (χ0v) is 7.90. The molecule has 0 spiro atoms. The van der Waals surface area contributed by atoms with Gasteiger partial charge in [-0.1, -0.05) is 24.3 Å². The van der Waals surface area contributed by atoms with Crippen LogP contribution in [-0.2, 0) is 0 Å². The van der Waals surface area contributed by atoms with Gasteiger partial charge < -0.3 is 11.5 Å². The number of anilines is 1. The lowest BCUT2D eigenvalue weighted by Gasteiger charge is -1.98. The van der Waals surface area contributed by atoms with Crippen molar-refractivity contribution in [3.63, 3.8) is 0 Å². The maximum absolute atomic E-state index is 5.63. The lowest BCUT2D eigenvalue weighted by Crippen LogP contribution is -2.12. The summed E-state index contributed by atoms with van der Waals surface area (Å²) < 4.78 is 0. The van der Waals surface area contributed by atoms with Crippen molar-refractivity contribution in [3.8, 4) is 0 Å². The third-order valence-electron chi connectivity index (χ3n) is 1.73. The van der Waals surface area contributed by atoms with Gasteiger partial charge in [-0.25, -0.2) is 0 Å². The number of rotatable bonds is 3. The van der Waals surface area contributed by atoms with E-state index in [0.29, 0.717) is 0 Å². The zero-order chi connectivity index (χ0) is 9.68. The van der Waals surface area contributed by atoms with Crippen LogP contribution in [0, 0.1) is 0 Å². The minimum absolute atomic E-state index is 0.220. The molecule has 0 saturated heterocycles. The van der Waals surface area contributed by atoms with Gasteiger partial charge in [-0.15, -0.1) is 0 Å². The molecule has 70 valence electrons. The second-order valence-corrected chi connectivity index (χ2v) is 3.29. The van der Waals surface area contributed by atoms with Crippen LogP contribution in [0.1, 0.15) is 18.9 Å². The fourth-order valence-electron chi connectivity index (χ4n) is 1.08. The number of hydrogen-bond acceptors (Lipinski definition) is 2. The minimum atomic E-state index is 0.220. The molecule has 0 amide bonds. The molecule has 2 heteroatoms. The summed E-state index contributed by atoms with van der Waals surface area (Å²) in [6, 6.07) is 8.01. The zero-order valence-electron chi connectivity index (χ0n) is 7.90. The molecule has 13 heavy (non-hydrogen) atoms. The second kappa shape index (κ2) is 4.67. The minimum Gasteiger partial charge on any atom is -0.399 e. The normalized spacial score (nSPS) is 13.4. The van der Waals surface area contributed by atoms with Gasteiger partial charge in [-0.2, -0.15) is 0 Å². The van der Waals surface area contributed by atoms with Gasteiger partial charge in [-0.3, -0.25) is 0 Å². The lowest BCUT2D eigenvalue weighted by atomic mass is 10.1. The molecule has 1 aromatic rings. The van der Waals surface area contributed by atoms with E-state index in [1.807, 2.05) is 37.3 Å². The van der Waals surface area contributed by atoms with Crippen LogP contribution in [0.5, 0.6) is 0 Å². The Morgan fingerprint density at radius 3 is 2.85 bits per heavy atom. The SMILES string of the molecule is CC(N)CC=Cc1cccc(N)c1. The van der Waals surface area contributed by atoms with E-state index < -0.39 is 0 Å². The van der Waals surface area contributed by atoms with Crippen LogP contribution in [-0.4, -0.2) is 6.04 Å². The molecule has 0 aromatic heterocycles. The van der Waals surface area contributed by atoms with Crippen molar-refractivity contribution in [3.05, 3.63) is 35.9 Å². The Kier molecular flexibility index (Phi) is 3.53. The number of hydrogen-bond donors (Lipinski definition) is 2. The maximum Gasteiger partial charge on any atom is 0.0319 e. The summed E-state index contributed by atoms with van der Waals surface area (Å²) in [6.45, 7) is 1.99. The smallest absolute Gasteiger partial charge is 0.0319 e. The summed E-state index contributed by atoms with van der Waals surface area (Å²) in [5.74, 6) is 0. The van der Waals surface area contributed by atoms with Crippen molar-refractivity contribution in [1.29, 1.82) is 0 Å². The molecule has 0 fully saturated rings. The van der Waals surface area contributed by atoms with Crippen molar-refractivity contribution in [1.82, 2.24) is 0 Å². The monoisotopic (exact) mass is 176 g/mol. The van der Waals surface area contributed by atoms with Gasteiger partial charge in [0.25, 0.3) is 0 Å². The first kappa shape index (κ1) is 9.81. The number of nitrogen functional groups attached to an aromatic ring is 1. The molecule has 0 bridgehead atoms. The summed E-state index contributed by atoms with van der Waals surface area (Å²) in [6.07, 6.45) is 5.01. The van der Waals surface area contributed by atoms with Crippen molar-refractivity contribution < 1.29 is 0 Å². The molecule has 0 heterocycles. The molecular formula is C11H16N2. The largest absolute Gasteiger partial charge is 0.399 e. The van der Waals surface area contributed by atoms with Crippen LogP contribution in [0.3, 0.4) is 0 Å². The summed E-state index contributed by atoms with van der Waals surface area (Å²) in [5.41, 5.74) is 13.2. The Morgan fingerprint density at radius 2 is 2.23 bits per heavy atom. The van der Waals surface area contributed by atoms with Crippen LogP contribution in [0.25, 0.3) is 6.08 Å². The Labute approximate surface area is 79.2 Å². The van der Waals surface area contributed by atoms with Crippen molar-refractivity contribution in [2.24, 2.45) is 5.73 Å². The molecule has 0 aliphatic carbocycles. The average Bonchev–Trinajstić information content (AvgIpc) is 2.03. The van der Waals surface area contributed by atoms with Gasteiger partial charge in [0.1, 0.15) is 0 Å². The van der Waals surface area contributed by atoms with E-state index in [2.05, 4.69) is 6.08 Å². The van der Waals surface area contributed by atoms with E-state index in [1.165, 1.54) is 0 Å². The number of benzene rings is 1. The average molecular weight is 176 g/mol. The predicted octanol–water partition coefficient (Wildman–Crippen LogP) is 2.02. The second-order valence-electron chi connectivity index (χ2n) is 3.29. The highest BCUT2D eigenvalue weighted by Gasteiger charge is 1.89. The Bertz CT molecular complexity index is 290. The van der Waals surface area contributed by atoms with Gasteiger partial charge in [0.05, 0.1) is 0 Å². The summed E-state index contributed by atoms with van der Waals surface area (Å²) in [5, 5.41) is 0. The van der Waals surface area contributed by atoms with Crippen LogP contribution < -0.4 is 11.5 Å². The topological polar surface area (TPSA) is 52.0 Å². The summed E-state index contributed by atoms with van der Waals surface area (Å²) >= 11 is 0. The standard InChI is InChI=1S/C11H16N2/c1-9(12)4-2-5-10-6-3-7-11(13)8-10/h2-3,5-9H,4,12-13H2,1H3. The van der Waals surface area contributed by atoms with Gasteiger partial charge in [0.15, 0.2) is 0 Å². The molecule has 0 radical (unpaired) electrons. The van der Waals surface area contributed by atoms with Crippen LogP contribution in [0.2, 0.25) is 0 Å². The van der Waals surface area contributed by atoms with Crippen molar-refractivity contribution in [2.45, 2.75) is 19.4 Å². The first-order chi connectivity index (χ1) is 6.18. The van der Waals surface area contributed by atoms with E-state index in [-0.39, 0.29) is 6.04 Å². The van der Waals surface area contributed by atoms with E-state index in [9.17, 15) is 0 Å². The first-order valence-electron chi connectivity index (χ1n) is 4.46. The molecule has 2 nitrogen and oxygen atoms in total. The Balaban J connectivity index is 2.58. The molecular weight excluding hydrogens is 160 g/mol. The fraction of sp³-hybridized carbons (Fsp3) is 0.273. The van der Waals surface area contributed by atoms with Gasteiger partial charge in [0.2, 0.25) is 0 Å². The lowest BCUT2D eigenvalue weighted by molar-refractivity contribution is 0.759. The predicted molar refractivity (Wildman–Crippen MR) is 58.2 cm³/mol. The van der Waals surface area contributed by atoms with Crippen LogP contribution in [0.15, 0.2) is 30.3 Å². The van der Waals surface area contributed by atoms with Crippen LogP contribution in [0.4, 0.5) is 5.69 Å². The van der Waals surface area contributed by atoms with Crippen molar-refractivity contribution >= 4 is 11.8 Å². The first-order valence-corrected chi connectivity index (χ1v) is 4.46. The van der Waals surface area contributed by atoms with E-state index >= 15 is 0 Å². The molecule has 1 atom stereocenters. The van der Waals surface area contributed by atoms with Gasteiger partial charge in [-0.05, 0) is 31.0 Å². The highest BCUT2D eigenvalue weighted by molar-refractivity contribution is 5.55. The van der Waals surface area contributed by atoms with E-state index in [0.717, 1.165) is 17.7 Å². The third-order valence-corrected chi connectivity index (χ3v) is 1.73. The third kappa shape index (κ3) is 3.76. The summed E-state index contributed by atoms with van der Waals surface area (Å²) in [4.78, 5) is 0. The molecule has 0 aliphatic heterocycles. The number of nitrogens with two attached hydrogens (primary N) is 2. The van der Waals surface area contributed by atoms with Crippen molar-refractivity contribution in [2.75, 3.05) is 5.73 Å². The van der Waals surface area contributed by atoms with E-state index in [4.69, 9.17) is 11.5 Å². The Morgan fingerprint density at radius 1 is 1.46 bits per heavy atom. The highest BCUT2D eigenvalue weighted by Crippen LogP contribution is 2.08. The van der Waals surface area contributed by atoms with Crippen LogP contribution >= 0.6 is 0 Å². The molecule has 1 aromatic carbocycles. The molecule has 0 saturated carbocycles. The maximum atomic E-state index is 5.63. The Hall–Kier alpha value is -1.28. The molecule has 0 aliphatic rings. The quantitative estimate of drug-likeness (QED) is 0.692.